The molecular weight excluding hydrogens is 446 g/mol. The Morgan fingerprint density at radius 1 is 1.17 bits per heavy atom. The monoisotopic (exact) mass is 477 g/mol. The van der Waals surface area contributed by atoms with Gasteiger partial charge in [0.2, 0.25) is 12.3 Å². The Morgan fingerprint density at radius 3 is 2.66 bits per heavy atom. The zero-order valence-electron chi connectivity index (χ0n) is 20.3. The number of carbonyl (C=O) groups excluding carboxylic acids is 3. The minimum Gasteiger partial charge on any atom is -0.491 e. The Balaban J connectivity index is 1.47. The second-order valence-electron chi connectivity index (χ2n) is 8.65. The van der Waals surface area contributed by atoms with Crippen molar-refractivity contribution in [2.45, 2.75) is 39.5 Å². The highest BCUT2D eigenvalue weighted by Gasteiger charge is 2.15. The molecule has 8 heteroatoms. The van der Waals surface area contributed by atoms with Gasteiger partial charge in [-0.05, 0) is 42.5 Å². The van der Waals surface area contributed by atoms with Gasteiger partial charge in [0.05, 0.1) is 12.3 Å². The molecule has 3 rings (SSSR count). The van der Waals surface area contributed by atoms with Crippen molar-refractivity contribution in [2.75, 3.05) is 23.9 Å². The number of Topliss-reactive ketones (excluding diaryl/α,β-unsaturated/α-hetero) is 1. The van der Waals surface area contributed by atoms with Gasteiger partial charge in [0.1, 0.15) is 17.2 Å². The summed E-state index contributed by atoms with van der Waals surface area (Å²) >= 11 is 0. The van der Waals surface area contributed by atoms with Crippen molar-refractivity contribution < 1.29 is 23.6 Å². The lowest BCUT2D eigenvalue weighted by atomic mass is 10.0. The maximum absolute atomic E-state index is 12.5. The van der Waals surface area contributed by atoms with E-state index in [1.54, 1.807) is 31.3 Å². The van der Waals surface area contributed by atoms with Gasteiger partial charge in [0.15, 0.2) is 5.78 Å². The number of nitrogens with one attached hydrogen (secondary N) is 1. The molecule has 8 nitrogen and oxygen atoms in total. The van der Waals surface area contributed by atoms with E-state index in [0.29, 0.717) is 60.9 Å². The molecule has 0 aliphatic rings. The van der Waals surface area contributed by atoms with Crippen molar-refractivity contribution in [3.63, 3.8) is 0 Å². The van der Waals surface area contributed by atoms with Crippen LogP contribution in [0.3, 0.4) is 0 Å². The summed E-state index contributed by atoms with van der Waals surface area (Å²) < 4.78 is 11.3. The SMILES string of the molecule is CC(=O)Nc1ccc(OC[C@@H](C)CCCC(=O)c2cc(Cc3ccccc3)on2)c(N(C)C=O)c1. The Hall–Kier alpha value is -3.94. The molecule has 1 N–H and O–H groups in total. The average molecular weight is 478 g/mol. The van der Waals surface area contributed by atoms with Gasteiger partial charge in [-0.2, -0.15) is 0 Å². The van der Waals surface area contributed by atoms with Gasteiger partial charge in [-0.3, -0.25) is 14.4 Å². The van der Waals surface area contributed by atoms with Gasteiger partial charge in [-0.15, -0.1) is 0 Å². The number of anilines is 2. The van der Waals surface area contributed by atoms with Crippen LogP contribution in [0.15, 0.2) is 59.1 Å². The summed E-state index contributed by atoms with van der Waals surface area (Å²) in [7, 11) is 1.62. The summed E-state index contributed by atoms with van der Waals surface area (Å²) in [5, 5.41) is 6.64. The van der Waals surface area contributed by atoms with Crippen LogP contribution < -0.4 is 15.0 Å². The molecule has 0 aliphatic heterocycles. The highest BCUT2D eigenvalue weighted by molar-refractivity contribution is 5.94. The Morgan fingerprint density at radius 2 is 1.94 bits per heavy atom. The van der Waals surface area contributed by atoms with Gasteiger partial charge in [-0.1, -0.05) is 42.4 Å². The maximum atomic E-state index is 12.5. The van der Waals surface area contributed by atoms with Crippen LogP contribution >= 0.6 is 0 Å². The Kier molecular flexibility index (Phi) is 9.17. The standard InChI is InChI=1S/C27H31N3O5/c1-19(17-34-27-13-12-22(28-20(2)32)15-25(27)30(3)18-31)8-7-11-26(33)24-16-23(35-29-24)14-21-9-5-4-6-10-21/h4-6,9-10,12-13,15-16,18-19H,7-8,11,14,17H2,1-3H3,(H,28,32)/t19-/m0/s1. The molecule has 0 spiro atoms. The third-order valence-electron chi connectivity index (χ3n) is 5.51. The van der Waals surface area contributed by atoms with Gasteiger partial charge in [-0.25, -0.2) is 0 Å². The average Bonchev–Trinajstić information content (AvgIpc) is 3.31. The number of hydrogen-bond acceptors (Lipinski definition) is 6. The first-order valence-electron chi connectivity index (χ1n) is 11.6. The largest absolute Gasteiger partial charge is 0.491 e. The van der Waals surface area contributed by atoms with Crippen molar-refractivity contribution in [2.24, 2.45) is 5.92 Å². The first kappa shape index (κ1) is 25.7. The molecule has 0 bridgehead atoms. The van der Waals surface area contributed by atoms with Gasteiger partial charge in [0.25, 0.3) is 0 Å². The molecule has 0 unspecified atom stereocenters. The van der Waals surface area contributed by atoms with E-state index in [2.05, 4.69) is 10.5 Å². The summed E-state index contributed by atoms with van der Waals surface area (Å²) in [6.45, 7) is 3.90. The molecule has 0 aliphatic carbocycles. The fourth-order valence-electron chi connectivity index (χ4n) is 3.63. The Labute approximate surface area is 205 Å². The van der Waals surface area contributed by atoms with E-state index in [4.69, 9.17) is 9.26 Å². The van der Waals surface area contributed by atoms with E-state index in [1.165, 1.54) is 11.8 Å². The summed E-state index contributed by atoms with van der Waals surface area (Å²) in [5.41, 5.74) is 2.61. The smallest absolute Gasteiger partial charge is 0.221 e. The lowest BCUT2D eigenvalue weighted by Crippen LogP contribution is -2.17. The van der Waals surface area contributed by atoms with Crippen LogP contribution in [0.4, 0.5) is 11.4 Å². The molecule has 0 saturated heterocycles. The van der Waals surface area contributed by atoms with E-state index in [1.807, 2.05) is 37.3 Å². The molecule has 1 aromatic heterocycles. The molecule has 35 heavy (non-hydrogen) atoms. The minimum absolute atomic E-state index is 0.0374. The summed E-state index contributed by atoms with van der Waals surface area (Å²) in [6.07, 6.45) is 3.16. The molecule has 2 aromatic carbocycles. The number of hydrogen-bond donors (Lipinski definition) is 1. The first-order valence-corrected chi connectivity index (χ1v) is 11.6. The fourth-order valence-corrected chi connectivity index (χ4v) is 3.63. The minimum atomic E-state index is -0.195. The number of ketones is 1. The fraction of sp³-hybridized carbons (Fsp3) is 0.333. The highest BCUT2D eigenvalue weighted by atomic mass is 16.5. The van der Waals surface area contributed by atoms with E-state index in [0.717, 1.165) is 12.0 Å². The van der Waals surface area contributed by atoms with Crippen molar-refractivity contribution in [3.8, 4) is 5.75 Å². The predicted octanol–water partition coefficient (Wildman–Crippen LogP) is 4.88. The molecule has 1 atom stereocenters. The summed E-state index contributed by atoms with van der Waals surface area (Å²) in [6, 6.07) is 16.8. The van der Waals surface area contributed by atoms with Crippen LogP contribution in [-0.2, 0) is 16.0 Å². The maximum Gasteiger partial charge on any atom is 0.221 e. The second-order valence-corrected chi connectivity index (χ2v) is 8.65. The zero-order valence-corrected chi connectivity index (χ0v) is 20.3. The van der Waals surface area contributed by atoms with Crippen LogP contribution in [0.25, 0.3) is 0 Å². The van der Waals surface area contributed by atoms with Crippen LogP contribution in [-0.4, -0.2) is 36.9 Å². The molecule has 2 amide bonds. The topological polar surface area (TPSA) is 102 Å². The lowest BCUT2D eigenvalue weighted by molar-refractivity contribution is -0.114. The summed E-state index contributed by atoms with van der Waals surface area (Å²) in [4.78, 5) is 36.5. The van der Waals surface area contributed by atoms with Crippen LogP contribution in [0.2, 0.25) is 0 Å². The van der Waals surface area contributed by atoms with E-state index < -0.39 is 0 Å². The molecule has 0 radical (unpaired) electrons. The molecule has 1 heterocycles. The number of benzene rings is 2. The van der Waals surface area contributed by atoms with Crippen LogP contribution in [0, 0.1) is 5.92 Å². The van der Waals surface area contributed by atoms with Crippen LogP contribution in [0.1, 0.15) is 54.9 Å². The third kappa shape index (κ3) is 7.81. The van der Waals surface area contributed by atoms with Gasteiger partial charge in [0, 0.05) is 38.6 Å². The number of rotatable bonds is 13. The van der Waals surface area contributed by atoms with Gasteiger partial charge >= 0.3 is 0 Å². The van der Waals surface area contributed by atoms with Crippen LogP contribution in [0.5, 0.6) is 5.75 Å². The molecule has 184 valence electrons. The number of aromatic nitrogens is 1. The summed E-state index contributed by atoms with van der Waals surface area (Å²) in [5.74, 6) is 1.18. The number of ether oxygens (including phenoxy) is 1. The molecular formula is C27H31N3O5. The molecule has 0 saturated carbocycles. The van der Waals surface area contributed by atoms with E-state index in [-0.39, 0.29) is 17.6 Å². The van der Waals surface area contributed by atoms with E-state index in [9.17, 15) is 14.4 Å². The first-order chi connectivity index (χ1) is 16.9. The number of amides is 2. The second kappa shape index (κ2) is 12.5. The van der Waals surface area contributed by atoms with Crippen molar-refractivity contribution in [1.29, 1.82) is 0 Å². The van der Waals surface area contributed by atoms with Crippen molar-refractivity contribution in [1.82, 2.24) is 5.16 Å². The normalized spacial score (nSPS) is 11.5. The molecule has 0 fully saturated rings. The number of carbonyl (C=O) groups is 3. The third-order valence-corrected chi connectivity index (χ3v) is 5.51. The van der Waals surface area contributed by atoms with Crippen molar-refractivity contribution >= 4 is 29.5 Å². The van der Waals surface area contributed by atoms with Gasteiger partial charge < -0.3 is 19.5 Å². The lowest BCUT2D eigenvalue weighted by Gasteiger charge is -2.20. The zero-order chi connectivity index (χ0) is 25.2. The predicted molar refractivity (Wildman–Crippen MR) is 134 cm³/mol. The van der Waals surface area contributed by atoms with Crippen molar-refractivity contribution in [3.05, 3.63) is 71.6 Å². The number of nitrogens with zero attached hydrogens (tertiary/aromatic N) is 2. The Bertz CT molecular complexity index is 1140. The quantitative estimate of drug-likeness (QED) is 0.278. The molecule has 3 aromatic rings. The van der Waals surface area contributed by atoms with E-state index >= 15 is 0 Å². The highest BCUT2D eigenvalue weighted by Crippen LogP contribution is 2.31.